The number of benzene rings is 1. The first-order valence-electron chi connectivity index (χ1n) is 8.80. The van der Waals surface area contributed by atoms with Crippen molar-refractivity contribution in [3.8, 4) is 22.8 Å². The minimum atomic E-state index is -0.621. The highest BCUT2D eigenvalue weighted by Gasteiger charge is 2.16. The quantitative estimate of drug-likeness (QED) is 0.615. The lowest BCUT2D eigenvalue weighted by molar-refractivity contribution is 0.0841. The number of hydrogen-bond donors (Lipinski definition) is 2. The lowest BCUT2D eigenvalue weighted by Crippen LogP contribution is -2.41. The van der Waals surface area contributed by atoms with Crippen LogP contribution in [-0.4, -0.2) is 35.2 Å². The fraction of sp³-hybridized carbons (Fsp3) is 0.200. The Morgan fingerprint density at radius 1 is 1.07 bits per heavy atom. The first kappa shape index (κ1) is 19.9. The van der Waals surface area contributed by atoms with Gasteiger partial charge in [0.2, 0.25) is 0 Å². The highest BCUT2D eigenvalue weighted by molar-refractivity contribution is 5.98. The van der Waals surface area contributed by atoms with E-state index in [-0.39, 0.29) is 17.4 Å². The summed E-state index contributed by atoms with van der Waals surface area (Å²) in [5, 5.41) is 3.71. The zero-order valence-corrected chi connectivity index (χ0v) is 16.1. The first-order valence-corrected chi connectivity index (χ1v) is 8.80. The maximum Gasteiger partial charge on any atom is 0.291 e. The maximum atomic E-state index is 12.3. The lowest BCUT2D eigenvalue weighted by atomic mass is 10.2. The smallest absolute Gasteiger partial charge is 0.291 e. The molecule has 0 saturated carbocycles. The fourth-order valence-electron chi connectivity index (χ4n) is 2.44. The molecule has 0 unspecified atom stereocenters. The Morgan fingerprint density at radius 2 is 1.86 bits per heavy atom. The summed E-state index contributed by atoms with van der Waals surface area (Å²) in [6.07, 6.45) is 3.17. The summed E-state index contributed by atoms with van der Waals surface area (Å²) < 4.78 is 16.0. The molecule has 0 saturated heterocycles. The van der Waals surface area contributed by atoms with Crippen molar-refractivity contribution in [3.63, 3.8) is 0 Å². The molecule has 3 rings (SSSR count). The molecule has 2 N–H and O–H groups in total. The number of amides is 2. The third-order valence-electron chi connectivity index (χ3n) is 3.77. The average Bonchev–Trinajstić information content (AvgIpc) is 3.22. The Bertz CT molecular complexity index is 1000. The van der Waals surface area contributed by atoms with Crippen LogP contribution in [-0.2, 0) is 0 Å². The van der Waals surface area contributed by atoms with E-state index < -0.39 is 11.8 Å². The summed E-state index contributed by atoms with van der Waals surface area (Å²) in [5.41, 5.74) is 5.61. The molecule has 150 valence electrons. The summed E-state index contributed by atoms with van der Waals surface area (Å²) in [6.45, 7) is 3.78. The van der Waals surface area contributed by atoms with Crippen LogP contribution in [0, 0.1) is 0 Å². The number of carbonyl (C=O) groups is 2. The number of carbonyl (C=O) groups excluding carboxylic acids is 2. The standard InChI is InChI=1S/C20H20N4O5/c1-12(2)28-16-7-6-13(9-18(16)27-3)19(25)22-23-20(26)15-10-17(29-24-15)14-5-4-8-21-11-14/h4-12H,1-3H3,(H,22,25)(H,23,26). The van der Waals surface area contributed by atoms with Gasteiger partial charge in [-0.3, -0.25) is 25.4 Å². The summed E-state index contributed by atoms with van der Waals surface area (Å²) >= 11 is 0. The molecule has 0 aliphatic rings. The van der Waals surface area contributed by atoms with Gasteiger partial charge in [-0.2, -0.15) is 0 Å². The highest BCUT2D eigenvalue weighted by atomic mass is 16.5. The predicted molar refractivity (Wildman–Crippen MR) is 103 cm³/mol. The minimum absolute atomic E-state index is 0.0161. The molecule has 0 aliphatic carbocycles. The molecule has 0 atom stereocenters. The number of methoxy groups -OCH3 is 1. The van der Waals surface area contributed by atoms with E-state index in [1.807, 2.05) is 13.8 Å². The fourth-order valence-corrected chi connectivity index (χ4v) is 2.44. The molecule has 1 aromatic carbocycles. The van der Waals surface area contributed by atoms with Crippen LogP contribution in [0.1, 0.15) is 34.7 Å². The second kappa shape index (κ2) is 8.87. The molecule has 0 spiro atoms. The SMILES string of the molecule is COc1cc(C(=O)NNC(=O)c2cc(-c3cccnc3)on2)ccc1OC(C)C. The molecular formula is C20H20N4O5. The normalized spacial score (nSPS) is 10.5. The van der Waals surface area contributed by atoms with E-state index in [2.05, 4.69) is 21.0 Å². The van der Waals surface area contributed by atoms with Gasteiger partial charge < -0.3 is 14.0 Å². The Hall–Kier alpha value is -3.88. The van der Waals surface area contributed by atoms with Crippen molar-refractivity contribution in [1.29, 1.82) is 0 Å². The van der Waals surface area contributed by atoms with Gasteiger partial charge in [-0.05, 0) is 44.2 Å². The van der Waals surface area contributed by atoms with Crippen molar-refractivity contribution in [2.24, 2.45) is 0 Å². The van der Waals surface area contributed by atoms with Gasteiger partial charge in [0.05, 0.1) is 13.2 Å². The predicted octanol–water partition coefficient (Wildman–Crippen LogP) is 2.61. The zero-order valence-electron chi connectivity index (χ0n) is 16.1. The Balaban J connectivity index is 1.63. The third kappa shape index (κ3) is 4.89. The van der Waals surface area contributed by atoms with Gasteiger partial charge in [-0.15, -0.1) is 0 Å². The molecule has 3 aromatic rings. The lowest BCUT2D eigenvalue weighted by Gasteiger charge is -2.14. The number of aromatic nitrogens is 2. The van der Waals surface area contributed by atoms with E-state index in [9.17, 15) is 9.59 Å². The summed E-state index contributed by atoms with van der Waals surface area (Å²) in [5.74, 6) is 0.177. The summed E-state index contributed by atoms with van der Waals surface area (Å²) in [6, 6.07) is 9.70. The molecule has 0 fully saturated rings. The number of nitrogens with one attached hydrogen (secondary N) is 2. The number of hydrazine groups is 1. The van der Waals surface area contributed by atoms with Crippen LogP contribution in [0.4, 0.5) is 0 Å². The van der Waals surface area contributed by atoms with Crippen molar-refractivity contribution >= 4 is 11.8 Å². The van der Waals surface area contributed by atoms with Gasteiger partial charge in [0.1, 0.15) is 0 Å². The molecule has 0 radical (unpaired) electrons. The van der Waals surface area contributed by atoms with Crippen LogP contribution in [0.15, 0.2) is 53.3 Å². The molecular weight excluding hydrogens is 376 g/mol. The number of pyridine rings is 1. The van der Waals surface area contributed by atoms with E-state index in [4.69, 9.17) is 14.0 Å². The van der Waals surface area contributed by atoms with Crippen LogP contribution in [0.3, 0.4) is 0 Å². The van der Waals surface area contributed by atoms with Gasteiger partial charge in [-0.1, -0.05) is 5.16 Å². The van der Waals surface area contributed by atoms with Crippen LogP contribution in [0.2, 0.25) is 0 Å². The van der Waals surface area contributed by atoms with Crippen molar-refractivity contribution in [1.82, 2.24) is 21.0 Å². The molecule has 2 aromatic heterocycles. The van der Waals surface area contributed by atoms with E-state index in [1.165, 1.54) is 19.2 Å². The Labute approximate surface area is 167 Å². The van der Waals surface area contributed by atoms with Crippen molar-refractivity contribution in [2.75, 3.05) is 7.11 Å². The average molecular weight is 396 g/mol. The molecule has 0 aliphatic heterocycles. The largest absolute Gasteiger partial charge is 0.493 e. The topological polar surface area (TPSA) is 116 Å². The number of hydrogen-bond acceptors (Lipinski definition) is 7. The Morgan fingerprint density at radius 3 is 2.55 bits per heavy atom. The Kier molecular flexibility index (Phi) is 6.08. The number of ether oxygens (including phenoxy) is 2. The van der Waals surface area contributed by atoms with E-state index in [1.54, 1.807) is 36.7 Å². The van der Waals surface area contributed by atoms with Crippen LogP contribution in [0.5, 0.6) is 11.5 Å². The molecule has 2 amide bonds. The highest BCUT2D eigenvalue weighted by Crippen LogP contribution is 2.28. The van der Waals surface area contributed by atoms with Crippen molar-refractivity contribution in [3.05, 3.63) is 60.0 Å². The van der Waals surface area contributed by atoms with Gasteiger partial charge in [-0.25, -0.2) is 0 Å². The first-order chi connectivity index (χ1) is 14.0. The summed E-state index contributed by atoms with van der Waals surface area (Å²) in [4.78, 5) is 28.5. The number of nitrogens with zero attached hydrogens (tertiary/aromatic N) is 2. The molecule has 9 nitrogen and oxygen atoms in total. The second-order valence-electron chi connectivity index (χ2n) is 6.26. The summed E-state index contributed by atoms with van der Waals surface area (Å²) in [7, 11) is 1.48. The van der Waals surface area contributed by atoms with E-state index >= 15 is 0 Å². The molecule has 9 heteroatoms. The molecule has 0 bridgehead atoms. The van der Waals surface area contributed by atoms with Crippen molar-refractivity contribution < 1.29 is 23.6 Å². The van der Waals surface area contributed by atoms with Gasteiger partial charge in [0.25, 0.3) is 11.8 Å². The van der Waals surface area contributed by atoms with Crippen molar-refractivity contribution in [2.45, 2.75) is 20.0 Å². The van der Waals surface area contributed by atoms with Gasteiger partial charge >= 0.3 is 0 Å². The van der Waals surface area contributed by atoms with Crippen LogP contribution in [0.25, 0.3) is 11.3 Å². The number of rotatable bonds is 6. The second-order valence-corrected chi connectivity index (χ2v) is 6.26. The third-order valence-corrected chi connectivity index (χ3v) is 3.77. The monoisotopic (exact) mass is 396 g/mol. The maximum absolute atomic E-state index is 12.3. The van der Waals surface area contributed by atoms with E-state index in [0.717, 1.165) is 0 Å². The zero-order chi connectivity index (χ0) is 20.8. The molecule has 2 heterocycles. The van der Waals surface area contributed by atoms with Gasteiger partial charge in [0, 0.05) is 29.6 Å². The molecule has 29 heavy (non-hydrogen) atoms. The van der Waals surface area contributed by atoms with E-state index in [0.29, 0.717) is 22.8 Å². The van der Waals surface area contributed by atoms with Crippen LogP contribution < -0.4 is 20.3 Å². The van der Waals surface area contributed by atoms with Gasteiger partial charge in [0.15, 0.2) is 23.0 Å². The van der Waals surface area contributed by atoms with Crippen LogP contribution >= 0.6 is 0 Å². The minimum Gasteiger partial charge on any atom is -0.493 e.